The van der Waals surface area contributed by atoms with Gasteiger partial charge in [0.25, 0.3) is 0 Å². The number of hydrogen-bond donors (Lipinski definition) is 0. The molecule has 0 aromatic rings. The van der Waals surface area contributed by atoms with Gasteiger partial charge in [-0.1, -0.05) is 6.42 Å². The van der Waals surface area contributed by atoms with Crippen molar-refractivity contribution >= 4 is 0 Å². The molecule has 0 aromatic carbocycles. The lowest BCUT2D eigenvalue weighted by molar-refractivity contribution is 0.229. The first-order valence-corrected chi connectivity index (χ1v) is 9.32. The molecule has 0 saturated carbocycles. The Morgan fingerprint density at radius 1 is 0.318 bits per heavy atom. The molecule has 4 saturated heterocycles. The summed E-state index contributed by atoms with van der Waals surface area (Å²) in [6, 6.07) is 0. The summed E-state index contributed by atoms with van der Waals surface area (Å²) in [5, 5.41) is 0. The van der Waals surface area contributed by atoms with Gasteiger partial charge in [-0.05, 0) is 99.6 Å². The highest BCUT2D eigenvalue weighted by Crippen LogP contribution is 2.04. The van der Waals surface area contributed by atoms with Gasteiger partial charge in [0, 0.05) is 13.1 Å². The fourth-order valence-electron chi connectivity index (χ4n) is 2.50. The van der Waals surface area contributed by atoms with Gasteiger partial charge in [-0.15, -0.1) is 0 Å². The van der Waals surface area contributed by atoms with Crippen LogP contribution in [0.1, 0.15) is 38.5 Å². The van der Waals surface area contributed by atoms with Crippen molar-refractivity contribution in [3.8, 4) is 0 Å². The third-order valence-corrected chi connectivity index (χ3v) is 4.66. The molecule has 4 aliphatic rings. The average molecular weight is 313 g/mol. The number of likely N-dealkylation sites (tertiary alicyclic amines) is 3. The molecular weight excluding hydrogens is 272 g/mol. The second-order valence-corrected chi connectivity index (χ2v) is 7.33. The van der Waals surface area contributed by atoms with Crippen molar-refractivity contribution in [2.24, 2.45) is 0 Å². The Balaban J connectivity index is 0.000000149. The summed E-state index contributed by atoms with van der Waals surface area (Å²) >= 11 is 0. The Hall–Kier alpha value is -0.160. The molecule has 4 aliphatic heterocycles. The van der Waals surface area contributed by atoms with Gasteiger partial charge in [-0.3, -0.25) is 0 Å². The lowest BCUT2D eigenvalue weighted by atomic mass is 10.1. The average Bonchev–Trinajstić information content (AvgIpc) is 3.11. The van der Waals surface area contributed by atoms with E-state index in [0.29, 0.717) is 0 Å². The molecule has 0 unspecified atom stereocenters. The molecule has 132 valence electrons. The third kappa shape index (κ3) is 12.4. The van der Waals surface area contributed by atoms with E-state index in [9.17, 15) is 0 Å². The van der Waals surface area contributed by atoms with E-state index in [2.05, 4.69) is 47.8 Å². The maximum atomic E-state index is 2.39. The molecule has 0 aliphatic carbocycles. The molecule has 0 N–H and O–H groups in total. The molecule has 4 rings (SSSR count). The van der Waals surface area contributed by atoms with Crippen LogP contribution in [-0.4, -0.2) is 100 Å². The standard InChI is InChI=1S/C6H13N.C5H11N.C4H9N.C3H7N/c1-7-5-3-2-4-6-7;1-6-4-2-3-5-6;1-5-3-2-4-5;1-4-2-3-4/h2-6H2,1H3;2-5H2,1H3;2-4H2,1H3;2-3H2,1H3. The zero-order valence-corrected chi connectivity index (χ0v) is 15.7. The summed E-state index contributed by atoms with van der Waals surface area (Å²) in [6.07, 6.45) is 8.51. The molecule has 4 heterocycles. The maximum absolute atomic E-state index is 2.39. The largest absolute Gasteiger partial charge is 0.306 e. The van der Waals surface area contributed by atoms with E-state index in [0.717, 1.165) is 0 Å². The molecule has 4 fully saturated rings. The van der Waals surface area contributed by atoms with Crippen LogP contribution in [0, 0.1) is 0 Å². The number of nitrogens with zero attached hydrogens (tertiary/aromatic N) is 4. The maximum Gasteiger partial charge on any atom is 0.0107 e. The van der Waals surface area contributed by atoms with Crippen LogP contribution in [0.5, 0.6) is 0 Å². The van der Waals surface area contributed by atoms with Gasteiger partial charge in [0.2, 0.25) is 0 Å². The van der Waals surface area contributed by atoms with Crippen molar-refractivity contribution in [3.05, 3.63) is 0 Å². The monoisotopic (exact) mass is 312 g/mol. The molecule has 0 atom stereocenters. The highest BCUT2D eigenvalue weighted by atomic mass is 15.2. The second kappa shape index (κ2) is 12.3. The summed E-state index contributed by atoms with van der Waals surface area (Å²) in [7, 11) is 8.62. The van der Waals surface area contributed by atoms with Crippen molar-refractivity contribution < 1.29 is 0 Å². The van der Waals surface area contributed by atoms with Crippen molar-refractivity contribution in [2.45, 2.75) is 38.5 Å². The minimum absolute atomic E-state index is 1.32. The molecule has 4 heteroatoms. The molecule has 0 amide bonds. The minimum atomic E-state index is 1.32. The van der Waals surface area contributed by atoms with Crippen LogP contribution in [-0.2, 0) is 0 Å². The molecule has 22 heavy (non-hydrogen) atoms. The van der Waals surface area contributed by atoms with E-state index in [1.54, 1.807) is 0 Å². The molecule has 0 bridgehead atoms. The van der Waals surface area contributed by atoms with Crippen LogP contribution in [0.15, 0.2) is 0 Å². The number of piperidine rings is 1. The van der Waals surface area contributed by atoms with E-state index in [-0.39, 0.29) is 0 Å². The predicted molar refractivity (Wildman–Crippen MR) is 97.7 cm³/mol. The Morgan fingerprint density at radius 3 is 0.636 bits per heavy atom. The van der Waals surface area contributed by atoms with Crippen LogP contribution in [0.3, 0.4) is 0 Å². The van der Waals surface area contributed by atoms with Gasteiger partial charge in [0.1, 0.15) is 0 Å². The third-order valence-electron chi connectivity index (χ3n) is 4.66. The van der Waals surface area contributed by atoms with Gasteiger partial charge in [0.15, 0.2) is 0 Å². The SMILES string of the molecule is CN1CC1.CN1CCC1.CN1CCCC1.CN1CCCCC1. The number of rotatable bonds is 0. The summed E-state index contributed by atoms with van der Waals surface area (Å²) < 4.78 is 0. The highest BCUT2D eigenvalue weighted by Gasteiger charge is 2.07. The van der Waals surface area contributed by atoms with E-state index < -0.39 is 0 Å². The second-order valence-electron chi connectivity index (χ2n) is 7.33. The summed E-state index contributed by atoms with van der Waals surface area (Å²) in [6.45, 7) is 10.6. The van der Waals surface area contributed by atoms with Crippen molar-refractivity contribution in [3.63, 3.8) is 0 Å². The molecule has 0 spiro atoms. The fourth-order valence-corrected chi connectivity index (χ4v) is 2.50. The van der Waals surface area contributed by atoms with Crippen molar-refractivity contribution in [1.29, 1.82) is 0 Å². The fraction of sp³-hybridized carbons (Fsp3) is 1.00. The van der Waals surface area contributed by atoms with E-state index in [1.165, 1.54) is 90.9 Å². The van der Waals surface area contributed by atoms with Crippen LogP contribution >= 0.6 is 0 Å². The van der Waals surface area contributed by atoms with E-state index in [1.807, 2.05) is 0 Å². The summed E-state index contributed by atoms with van der Waals surface area (Å²) in [5.41, 5.74) is 0. The zero-order chi connectivity index (χ0) is 16.2. The molecule has 0 aromatic heterocycles. The predicted octanol–water partition coefficient (Wildman–Crippen LogP) is 2.07. The number of hydrogen-bond acceptors (Lipinski definition) is 4. The van der Waals surface area contributed by atoms with Gasteiger partial charge in [-0.2, -0.15) is 0 Å². The first-order chi connectivity index (χ1) is 10.6. The quantitative estimate of drug-likeness (QED) is 0.635. The van der Waals surface area contributed by atoms with Gasteiger partial charge in [0.05, 0.1) is 0 Å². The zero-order valence-electron chi connectivity index (χ0n) is 15.7. The van der Waals surface area contributed by atoms with Gasteiger partial charge in [-0.25, -0.2) is 0 Å². The van der Waals surface area contributed by atoms with E-state index >= 15 is 0 Å². The van der Waals surface area contributed by atoms with E-state index in [4.69, 9.17) is 0 Å². The van der Waals surface area contributed by atoms with Gasteiger partial charge < -0.3 is 19.6 Å². The highest BCUT2D eigenvalue weighted by molar-refractivity contribution is 4.64. The smallest absolute Gasteiger partial charge is 0.0107 e. The number of likely N-dealkylation sites (N-methyl/N-ethyl adjacent to an activating group) is 1. The Kier molecular flexibility index (Phi) is 11.1. The molecular formula is C18H40N4. The summed E-state index contributed by atoms with van der Waals surface area (Å²) in [5.74, 6) is 0. The van der Waals surface area contributed by atoms with Crippen molar-refractivity contribution in [1.82, 2.24) is 19.6 Å². The Labute approximate surface area is 139 Å². The Morgan fingerprint density at radius 2 is 0.545 bits per heavy atom. The topological polar surface area (TPSA) is 12.7 Å². The van der Waals surface area contributed by atoms with Crippen LogP contribution in [0.4, 0.5) is 0 Å². The molecule has 4 nitrogen and oxygen atoms in total. The normalized spacial score (nSPS) is 25.6. The van der Waals surface area contributed by atoms with Crippen LogP contribution < -0.4 is 0 Å². The van der Waals surface area contributed by atoms with Crippen LogP contribution in [0.25, 0.3) is 0 Å². The lowest BCUT2D eigenvalue weighted by Gasteiger charge is -2.24. The molecule has 0 radical (unpaired) electrons. The summed E-state index contributed by atoms with van der Waals surface area (Å²) in [4.78, 5) is 9.31. The first kappa shape index (κ1) is 19.9. The van der Waals surface area contributed by atoms with Crippen molar-refractivity contribution in [2.75, 3.05) is 80.5 Å². The van der Waals surface area contributed by atoms with Crippen LogP contribution in [0.2, 0.25) is 0 Å². The Bertz CT molecular complexity index is 239. The lowest BCUT2D eigenvalue weighted by Crippen LogP contribution is -2.32. The first-order valence-electron chi connectivity index (χ1n) is 9.32. The minimum Gasteiger partial charge on any atom is -0.306 e. The van der Waals surface area contributed by atoms with Gasteiger partial charge >= 0.3 is 0 Å².